The van der Waals surface area contributed by atoms with Crippen molar-refractivity contribution < 1.29 is 14.0 Å². The van der Waals surface area contributed by atoms with Gasteiger partial charge in [0.25, 0.3) is 5.91 Å². The lowest BCUT2D eigenvalue weighted by Crippen LogP contribution is -2.44. The number of nitrogens with zero attached hydrogens (tertiary/aromatic N) is 2. The summed E-state index contributed by atoms with van der Waals surface area (Å²) in [5.74, 6) is -0.526. The summed E-state index contributed by atoms with van der Waals surface area (Å²) in [6.07, 6.45) is 2.06. The summed E-state index contributed by atoms with van der Waals surface area (Å²) in [6.45, 7) is 4.52. The van der Waals surface area contributed by atoms with Crippen molar-refractivity contribution in [2.75, 3.05) is 26.2 Å². The van der Waals surface area contributed by atoms with Crippen LogP contribution in [0.5, 0.6) is 0 Å². The van der Waals surface area contributed by atoms with E-state index in [0.29, 0.717) is 37.0 Å². The average molecular weight is 371 g/mol. The molecule has 7 heteroatoms. The van der Waals surface area contributed by atoms with Crippen LogP contribution in [0.4, 0.5) is 4.39 Å². The number of aromatic amines is 1. The van der Waals surface area contributed by atoms with Gasteiger partial charge in [-0.25, -0.2) is 4.39 Å². The Morgan fingerprint density at radius 2 is 1.96 bits per heavy atom. The molecule has 2 aliphatic heterocycles. The van der Waals surface area contributed by atoms with Gasteiger partial charge in [-0.2, -0.15) is 0 Å². The molecule has 0 saturated carbocycles. The molecule has 0 aliphatic carbocycles. The molecule has 3 heterocycles. The van der Waals surface area contributed by atoms with Crippen LogP contribution in [-0.4, -0.2) is 52.8 Å². The van der Waals surface area contributed by atoms with E-state index < -0.39 is 5.82 Å². The van der Waals surface area contributed by atoms with Crippen LogP contribution in [0.25, 0.3) is 10.9 Å². The first-order valence-corrected chi connectivity index (χ1v) is 9.30. The standard InChI is InChI=1S/C20H22FN3O3/c1-2-23-12-20(11-18(23)26)5-7-24(8-6-20)19(27)15-10-17(25)22-16-4-3-13(21)9-14(15)16/h3-4,9-10H,2,5-8,11-12H2,1H3,(H,22,25). The Bertz CT molecular complexity index is 976. The molecule has 2 aliphatic rings. The number of halogens is 1. The molecule has 0 radical (unpaired) electrons. The Hall–Kier alpha value is -2.70. The summed E-state index contributed by atoms with van der Waals surface area (Å²) >= 11 is 0. The van der Waals surface area contributed by atoms with Crippen LogP contribution >= 0.6 is 0 Å². The van der Waals surface area contributed by atoms with Crippen molar-refractivity contribution in [3.8, 4) is 0 Å². The van der Waals surface area contributed by atoms with E-state index in [2.05, 4.69) is 4.98 Å². The van der Waals surface area contributed by atoms with Crippen LogP contribution in [0.15, 0.2) is 29.1 Å². The summed E-state index contributed by atoms with van der Waals surface area (Å²) < 4.78 is 13.7. The normalized spacial score (nSPS) is 19.3. The van der Waals surface area contributed by atoms with E-state index in [-0.39, 0.29) is 28.4 Å². The van der Waals surface area contributed by atoms with E-state index in [1.54, 1.807) is 4.90 Å². The third kappa shape index (κ3) is 3.11. The molecule has 2 aromatic rings. The number of carbonyl (C=O) groups is 2. The lowest BCUT2D eigenvalue weighted by Gasteiger charge is -2.38. The monoisotopic (exact) mass is 371 g/mol. The maximum Gasteiger partial charge on any atom is 0.254 e. The first kappa shape index (κ1) is 17.7. The third-order valence-corrected chi connectivity index (χ3v) is 5.93. The number of carbonyl (C=O) groups excluding carboxylic acids is 2. The summed E-state index contributed by atoms with van der Waals surface area (Å²) in [4.78, 5) is 43.3. The van der Waals surface area contributed by atoms with E-state index in [1.165, 1.54) is 24.3 Å². The van der Waals surface area contributed by atoms with E-state index in [9.17, 15) is 18.8 Å². The smallest absolute Gasteiger partial charge is 0.254 e. The molecule has 0 atom stereocenters. The molecule has 2 fully saturated rings. The first-order chi connectivity index (χ1) is 12.9. The number of H-pyrrole nitrogens is 1. The number of fused-ring (bicyclic) bond motifs is 1. The van der Waals surface area contributed by atoms with E-state index >= 15 is 0 Å². The van der Waals surface area contributed by atoms with Gasteiger partial charge in [-0.05, 0) is 38.0 Å². The maximum absolute atomic E-state index is 13.7. The second-order valence-electron chi connectivity index (χ2n) is 7.61. The predicted octanol–water partition coefficient (Wildman–Crippen LogP) is 2.14. The Labute approximate surface area is 156 Å². The van der Waals surface area contributed by atoms with E-state index in [1.807, 2.05) is 11.8 Å². The Morgan fingerprint density at radius 3 is 2.63 bits per heavy atom. The largest absolute Gasteiger partial charge is 0.342 e. The molecule has 2 saturated heterocycles. The molecule has 142 valence electrons. The van der Waals surface area contributed by atoms with Crippen molar-refractivity contribution in [1.82, 2.24) is 14.8 Å². The van der Waals surface area contributed by atoms with E-state index in [4.69, 9.17) is 0 Å². The van der Waals surface area contributed by atoms with Crippen molar-refractivity contribution in [3.63, 3.8) is 0 Å². The molecule has 27 heavy (non-hydrogen) atoms. The van der Waals surface area contributed by atoms with Crippen LogP contribution in [0, 0.1) is 11.2 Å². The number of nitrogens with one attached hydrogen (secondary N) is 1. The fraction of sp³-hybridized carbons (Fsp3) is 0.450. The summed E-state index contributed by atoms with van der Waals surface area (Å²) in [5.41, 5.74) is 0.236. The Morgan fingerprint density at radius 1 is 1.22 bits per heavy atom. The lowest BCUT2D eigenvalue weighted by molar-refractivity contribution is -0.127. The van der Waals surface area contributed by atoms with Crippen LogP contribution in [0.3, 0.4) is 0 Å². The number of rotatable bonds is 2. The molecule has 6 nitrogen and oxygen atoms in total. The fourth-order valence-corrected chi connectivity index (χ4v) is 4.36. The summed E-state index contributed by atoms with van der Waals surface area (Å²) in [6, 6.07) is 5.25. The third-order valence-electron chi connectivity index (χ3n) is 5.93. The molecule has 1 aromatic carbocycles. The molecule has 1 aromatic heterocycles. The SMILES string of the molecule is CCN1CC2(CCN(C(=O)c3cc(=O)[nH]c4ccc(F)cc34)CC2)CC1=O. The molecule has 1 spiro atoms. The van der Waals surface area contributed by atoms with Crippen LogP contribution in [-0.2, 0) is 4.79 Å². The van der Waals surface area contributed by atoms with Gasteiger partial charge in [0, 0.05) is 55.0 Å². The number of pyridine rings is 1. The number of hydrogen-bond donors (Lipinski definition) is 1. The highest BCUT2D eigenvalue weighted by molar-refractivity contribution is 6.06. The highest BCUT2D eigenvalue weighted by Crippen LogP contribution is 2.41. The van der Waals surface area contributed by atoms with Gasteiger partial charge in [0.05, 0.1) is 5.56 Å². The van der Waals surface area contributed by atoms with Gasteiger partial charge in [-0.15, -0.1) is 0 Å². The summed E-state index contributed by atoms with van der Waals surface area (Å²) in [7, 11) is 0. The highest BCUT2D eigenvalue weighted by atomic mass is 19.1. The van der Waals surface area contributed by atoms with Crippen molar-refractivity contribution in [2.45, 2.75) is 26.2 Å². The number of amides is 2. The second-order valence-corrected chi connectivity index (χ2v) is 7.61. The topological polar surface area (TPSA) is 73.5 Å². The number of likely N-dealkylation sites (tertiary alicyclic amines) is 2. The average Bonchev–Trinajstić information content (AvgIpc) is 2.96. The second kappa shape index (κ2) is 6.48. The van der Waals surface area contributed by atoms with Crippen molar-refractivity contribution >= 4 is 22.7 Å². The van der Waals surface area contributed by atoms with Gasteiger partial charge in [-0.3, -0.25) is 14.4 Å². The maximum atomic E-state index is 13.7. The zero-order valence-corrected chi connectivity index (χ0v) is 15.3. The number of aromatic nitrogens is 1. The lowest BCUT2D eigenvalue weighted by atomic mass is 9.77. The first-order valence-electron chi connectivity index (χ1n) is 9.30. The Kier molecular flexibility index (Phi) is 4.25. The highest BCUT2D eigenvalue weighted by Gasteiger charge is 2.45. The molecule has 1 N–H and O–H groups in total. The number of piperidine rings is 1. The quantitative estimate of drug-likeness (QED) is 0.879. The molecule has 2 amide bonds. The predicted molar refractivity (Wildman–Crippen MR) is 99.0 cm³/mol. The molecular formula is C20H22FN3O3. The van der Waals surface area contributed by atoms with Gasteiger partial charge >= 0.3 is 0 Å². The van der Waals surface area contributed by atoms with Crippen LogP contribution in [0.2, 0.25) is 0 Å². The van der Waals surface area contributed by atoms with Crippen LogP contribution in [0.1, 0.15) is 36.5 Å². The van der Waals surface area contributed by atoms with Crippen molar-refractivity contribution in [1.29, 1.82) is 0 Å². The minimum atomic E-state index is -0.453. The minimum absolute atomic E-state index is 0.0494. The van der Waals surface area contributed by atoms with Gasteiger partial charge in [-0.1, -0.05) is 0 Å². The summed E-state index contributed by atoms with van der Waals surface area (Å²) in [5, 5.41) is 0.410. The number of benzene rings is 1. The van der Waals surface area contributed by atoms with Gasteiger partial charge in [0.15, 0.2) is 0 Å². The minimum Gasteiger partial charge on any atom is -0.342 e. The molecule has 0 unspecified atom stereocenters. The van der Waals surface area contributed by atoms with Crippen LogP contribution < -0.4 is 5.56 Å². The molecular weight excluding hydrogens is 349 g/mol. The van der Waals surface area contributed by atoms with Gasteiger partial charge < -0.3 is 14.8 Å². The van der Waals surface area contributed by atoms with Gasteiger partial charge in [0.2, 0.25) is 11.5 Å². The zero-order valence-electron chi connectivity index (χ0n) is 15.3. The van der Waals surface area contributed by atoms with Crippen molar-refractivity contribution in [3.05, 3.63) is 46.0 Å². The molecule has 4 rings (SSSR count). The molecule has 0 bridgehead atoms. The Balaban J connectivity index is 1.57. The number of hydrogen-bond acceptors (Lipinski definition) is 3. The van der Waals surface area contributed by atoms with E-state index in [0.717, 1.165) is 19.4 Å². The van der Waals surface area contributed by atoms with Gasteiger partial charge in [0.1, 0.15) is 5.82 Å². The zero-order chi connectivity index (χ0) is 19.2. The van der Waals surface area contributed by atoms with Crippen molar-refractivity contribution in [2.24, 2.45) is 5.41 Å². The fourth-order valence-electron chi connectivity index (χ4n) is 4.36.